The standard InChI is InChI=1S/C13H20N2OS.ClH/c1-10-4-6-17-12(10)9-15(2)13(16)7-11-3-5-14-8-11;/h4,6,11,14H,3,5,7-9H2,1-2H3;1H. The van der Waals surface area contributed by atoms with Crippen LogP contribution in [-0.2, 0) is 11.3 Å². The van der Waals surface area contributed by atoms with E-state index in [2.05, 4.69) is 23.7 Å². The molecule has 0 radical (unpaired) electrons. The molecule has 0 aromatic carbocycles. The van der Waals surface area contributed by atoms with E-state index >= 15 is 0 Å². The van der Waals surface area contributed by atoms with Crippen molar-refractivity contribution >= 4 is 29.7 Å². The lowest BCUT2D eigenvalue weighted by atomic mass is 10.0. The minimum Gasteiger partial charge on any atom is -0.341 e. The summed E-state index contributed by atoms with van der Waals surface area (Å²) in [5.74, 6) is 0.806. The summed E-state index contributed by atoms with van der Waals surface area (Å²) in [5, 5.41) is 5.39. The number of rotatable bonds is 4. The molecular formula is C13H21ClN2OS. The minimum absolute atomic E-state index is 0. The Balaban J connectivity index is 0.00000162. The summed E-state index contributed by atoms with van der Waals surface area (Å²) in [5.41, 5.74) is 1.29. The topological polar surface area (TPSA) is 32.3 Å². The highest BCUT2D eigenvalue weighted by molar-refractivity contribution is 7.10. The zero-order valence-corrected chi connectivity index (χ0v) is 12.6. The molecule has 0 aliphatic carbocycles. The first-order valence-corrected chi connectivity index (χ1v) is 7.02. The highest BCUT2D eigenvalue weighted by Crippen LogP contribution is 2.19. The molecule has 0 spiro atoms. The van der Waals surface area contributed by atoms with Crippen LogP contribution in [0.5, 0.6) is 0 Å². The van der Waals surface area contributed by atoms with E-state index in [1.165, 1.54) is 10.4 Å². The average Bonchev–Trinajstić information content (AvgIpc) is 2.91. The summed E-state index contributed by atoms with van der Waals surface area (Å²) in [6, 6.07) is 2.11. The van der Waals surface area contributed by atoms with Gasteiger partial charge in [-0.25, -0.2) is 0 Å². The lowest BCUT2D eigenvalue weighted by Crippen LogP contribution is -2.28. The molecule has 1 aliphatic heterocycles. The lowest BCUT2D eigenvalue weighted by molar-refractivity contribution is -0.131. The number of carbonyl (C=O) groups excluding carboxylic acids is 1. The summed E-state index contributed by atoms with van der Waals surface area (Å²) in [4.78, 5) is 15.2. The van der Waals surface area contributed by atoms with E-state index in [0.717, 1.165) is 26.1 Å². The van der Waals surface area contributed by atoms with Gasteiger partial charge < -0.3 is 10.2 Å². The molecule has 1 aromatic rings. The fourth-order valence-electron chi connectivity index (χ4n) is 2.16. The van der Waals surface area contributed by atoms with E-state index in [1.54, 1.807) is 11.3 Å². The van der Waals surface area contributed by atoms with Gasteiger partial charge in [-0.2, -0.15) is 0 Å². The molecule has 1 aromatic heterocycles. The fourth-order valence-corrected chi connectivity index (χ4v) is 3.12. The second-order valence-corrected chi connectivity index (χ2v) is 5.84. The van der Waals surface area contributed by atoms with Crippen molar-refractivity contribution in [1.82, 2.24) is 10.2 Å². The van der Waals surface area contributed by atoms with Crippen molar-refractivity contribution in [3.63, 3.8) is 0 Å². The maximum atomic E-state index is 12.0. The maximum Gasteiger partial charge on any atom is 0.222 e. The minimum atomic E-state index is 0. The molecule has 102 valence electrons. The summed E-state index contributed by atoms with van der Waals surface area (Å²) >= 11 is 1.73. The number of aryl methyl sites for hydroxylation is 1. The lowest BCUT2D eigenvalue weighted by Gasteiger charge is -2.18. The zero-order chi connectivity index (χ0) is 12.3. The van der Waals surface area contributed by atoms with E-state index in [4.69, 9.17) is 0 Å². The Hall–Kier alpha value is -0.580. The molecule has 1 atom stereocenters. The van der Waals surface area contributed by atoms with Gasteiger partial charge in [0.2, 0.25) is 5.91 Å². The first-order valence-electron chi connectivity index (χ1n) is 6.14. The Morgan fingerprint density at radius 2 is 2.39 bits per heavy atom. The van der Waals surface area contributed by atoms with Gasteiger partial charge in [0.1, 0.15) is 0 Å². The number of carbonyl (C=O) groups is 1. The predicted octanol–water partition coefficient (Wildman–Crippen LogP) is 2.44. The van der Waals surface area contributed by atoms with Crippen molar-refractivity contribution < 1.29 is 4.79 Å². The largest absolute Gasteiger partial charge is 0.341 e. The van der Waals surface area contributed by atoms with Gasteiger partial charge in [-0.3, -0.25) is 4.79 Å². The Morgan fingerprint density at radius 3 is 2.94 bits per heavy atom. The molecule has 1 fully saturated rings. The van der Waals surface area contributed by atoms with Gasteiger partial charge in [-0.15, -0.1) is 23.7 Å². The van der Waals surface area contributed by atoms with Crippen LogP contribution >= 0.6 is 23.7 Å². The van der Waals surface area contributed by atoms with Crippen molar-refractivity contribution in [2.45, 2.75) is 26.3 Å². The SMILES string of the molecule is Cc1ccsc1CN(C)C(=O)CC1CCNC1.Cl. The molecule has 3 nitrogen and oxygen atoms in total. The Bertz CT molecular complexity index is 388. The molecule has 2 heterocycles. The van der Waals surface area contributed by atoms with Gasteiger partial charge in [0.15, 0.2) is 0 Å². The molecule has 1 amide bonds. The summed E-state index contributed by atoms with van der Waals surface area (Å²) in [6.45, 7) is 4.91. The van der Waals surface area contributed by atoms with Crippen LogP contribution in [0.1, 0.15) is 23.3 Å². The van der Waals surface area contributed by atoms with Gasteiger partial charge in [0.25, 0.3) is 0 Å². The van der Waals surface area contributed by atoms with Gasteiger partial charge in [0, 0.05) is 18.3 Å². The second-order valence-electron chi connectivity index (χ2n) is 4.84. The molecule has 1 aliphatic rings. The number of thiophene rings is 1. The zero-order valence-electron chi connectivity index (χ0n) is 10.9. The Labute approximate surface area is 119 Å². The number of hydrogen-bond donors (Lipinski definition) is 1. The highest BCUT2D eigenvalue weighted by Gasteiger charge is 2.20. The van der Waals surface area contributed by atoms with Gasteiger partial charge in [-0.1, -0.05) is 0 Å². The quantitative estimate of drug-likeness (QED) is 0.923. The third-order valence-corrected chi connectivity index (χ3v) is 4.41. The number of halogens is 1. The van der Waals surface area contributed by atoms with E-state index in [9.17, 15) is 4.79 Å². The normalized spacial score (nSPS) is 18.4. The Kier molecular flexibility index (Phi) is 6.12. The maximum absolute atomic E-state index is 12.0. The van der Waals surface area contributed by atoms with Gasteiger partial charge in [0.05, 0.1) is 6.54 Å². The molecule has 0 bridgehead atoms. The van der Waals surface area contributed by atoms with Crippen LogP contribution in [0.4, 0.5) is 0 Å². The van der Waals surface area contributed by atoms with Crippen molar-refractivity contribution in [2.24, 2.45) is 5.92 Å². The van der Waals surface area contributed by atoms with E-state index < -0.39 is 0 Å². The van der Waals surface area contributed by atoms with Crippen LogP contribution in [0.25, 0.3) is 0 Å². The van der Waals surface area contributed by atoms with Crippen molar-refractivity contribution in [3.8, 4) is 0 Å². The number of amides is 1. The predicted molar refractivity (Wildman–Crippen MR) is 78.4 cm³/mol. The van der Waals surface area contributed by atoms with E-state index in [0.29, 0.717) is 12.3 Å². The van der Waals surface area contributed by atoms with E-state index in [1.807, 2.05) is 11.9 Å². The summed E-state index contributed by atoms with van der Waals surface area (Å²) < 4.78 is 0. The number of nitrogens with zero attached hydrogens (tertiary/aromatic N) is 1. The summed E-state index contributed by atoms with van der Waals surface area (Å²) in [6.07, 6.45) is 1.82. The van der Waals surface area contributed by atoms with Crippen molar-refractivity contribution in [2.75, 3.05) is 20.1 Å². The Morgan fingerprint density at radius 1 is 1.61 bits per heavy atom. The van der Waals surface area contributed by atoms with Gasteiger partial charge in [-0.05, 0) is 49.4 Å². The van der Waals surface area contributed by atoms with Crippen molar-refractivity contribution in [1.29, 1.82) is 0 Å². The smallest absolute Gasteiger partial charge is 0.222 e. The molecular weight excluding hydrogens is 268 g/mol. The number of hydrogen-bond acceptors (Lipinski definition) is 3. The first kappa shape index (κ1) is 15.5. The average molecular weight is 289 g/mol. The van der Waals surface area contributed by atoms with Crippen molar-refractivity contribution in [3.05, 3.63) is 21.9 Å². The molecule has 0 saturated carbocycles. The fraction of sp³-hybridized carbons (Fsp3) is 0.615. The van der Waals surface area contributed by atoms with E-state index in [-0.39, 0.29) is 18.3 Å². The third kappa shape index (κ3) is 3.97. The molecule has 18 heavy (non-hydrogen) atoms. The monoisotopic (exact) mass is 288 g/mol. The van der Waals surface area contributed by atoms with Crippen LogP contribution in [0.3, 0.4) is 0 Å². The summed E-state index contributed by atoms with van der Waals surface area (Å²) in [7, 11) is 1.91. The van der Waals surface area contributed by atoms with Crippen LogP contribution in [0, 0.1) is 12.8 Å². The van der Waals surface area contributed by atoms with Crippen LogP contribution in [0.2, 0.25) is 0 Å². The second kappa shape index (κ2) is 7.12. The van der Waals surface area contributed by atoms with Gasteiger partial charge >= 0.3 is 0 Å². The molecule has 1 saturated heterocycles. The van der Waals surface area contributed by atoms with Crippen LogP contribution in [0.15, 0.2) is 11.4 Å². The first-order chi connectivity index (χ1) is 8.16. The molecule has 5 heteroatoms. The van der Waals surface area contributed by atoms with Crippen LogP contribution in [-0.4, -0.2) is 30.9 Å². The number of nitrogens with one attached hydrogen (secondary N) is 1. The molecule has 1 unspecified atom stereocenters. The highest BCUT2D eigenvalue weighted by atomic mass is 35.5. The third-order valence-electron chi connectivity index (χ3n) is 3.40. The molecule has 2 rings (SSSR count). The molecule has 1 N–H and O–H groups in total. The van der Waals surface area contributed by atoms with Crippen LogP contribution < -0.4 is 5.32 Å².